The number of hydrogen-bond donors (Lipinski definition) is 2. The summed E-state index contributed by atoms with van der Waals surface area (Å²) in [6.45, 7) is 0. The topological polar surface area (TPSA) is 95.2 Å². The highest BCUT2D eigenvalue weighted by atomic mass is 35.5. The Morgan fingerprint density at radius 3 is 2.27 bits per heavy atom. The molecule has 3 N–H and O–H groups in total. The van der Waals surface area contributed by atoms with E-state index < -0.39 is 0 Å². The van der Waals surface area contributed by atoms with Gasteiger partial charge in [0.1, 0.15) is 11.5 Å². The van der Waals surface area contributed by atoms with Crippen molar-refractivity contribution in [3.63, 3.8) is 0 Å². The number of rotatable bonds is 5. The average molecular weight is 412 g/mol. The van der Waals surface area contributed by atoms with Crippen LogP contribution in [0.4, 0.5) is 5.82 Å². The SMILES string of the molecule is COc1cc(OC)c(Cl)c(-c2cc3cnc(SC)nc3nc2NN)c1Cl. The molecule has 0 bridgehead atoms. The Labute approximate surface area is 164 Å². The van der Waals surface area contributed by atoms with Crippen LogP contribution in [-0.4, -0.2) is 35.4 Å². The molecule has 7 nitrogen and oxygen atoms in total. The Kier molecular flexibility index (Phi) is 5.57. The molecule has 2 heterocycles. The van der Waals surface area contributed by atoms with E-state index in [0.717, 1.165) is 0 Å². The summed E-state index contributed by atoms with van der Waals surface area (Å²) < 4.78 is 10.7. The van der Waals surface area contributed by atoms with Crippen LogP contribution in [0, 0.1) is 0 Å². The normalized spacial score (nSPS) is 10.8. The smallest absolute Gasteiger partial charge is 0.189 e. The fourth-order valence-electron chi connectivity index (χ4n) is 2.47. The number of nitrogens with two attached hydrogens (primary N) is 1. The van der Waals surface area contributed by atoms with Crippen LogP contribution < -0.4 is 20.7 Å². The number of fused-ring (bicyclic) bond motifs is 1. The number of anilines is 1. The summed E-state index contributed by atoms with van der Waals surface area (Å²) in [7, 11) is 3.02. The van der Waals surface area contributed by atoms with Crippen molar-refractivity contribution >= 4 is 51.8 Å². The van der Waals surface area contributed by atoms with Crippen molar-refractivity contribution in [3.8, 4) is 22.6 Å². The third kappa shape index (κ3) is 3.21. The first-order valence-corrected chi connectivity index (χ1v) is 9.30. The van der Waals surface area contributed by atoms with Crippen molar-refractivity contribution in [2.24, 2.45) is 5.84 Å². The molecule has 0 fully saturated rings. The maximum absolute atomic E-state index is 6.51. The predicted octanol–water partition coefficient (Wildman–Crippen LogP) is 4.02. The minimum absolute atomic E-state index is 0.317. The summed E-state index contributed by atoms with van der Waals surface area (Å²) in [5.74, 6) is 6.88. The van der Waals surface area contributed by atoms with Crippen molar-refractivity contribution in [2.45, 2.75) is 5.16 Å². The number of ether oxygens (including phenoxy) is 2. The van der Waals surface area contributed by atoms with Crippen LogP contribution in [0.3, 0.4) is 0 Å². The fourth-order valence-corrected chi connectivity index (χ4v) is 3.51. The van der Waals surface area contributed by atoms with Crippen LogP contribution in [0.5, 0.6) is 11.5 Å². The van der Waals surface area contributed by atoms with Crippen LogP contribution in [0.25, 0.3) is 22.2 Å². The summed E-state index contributed by atoms with van der Waals surface area (Å²) in [4.78, 5) is 13.1. The molecule has 10 heteroatoms. The van der Waals surface area contributed by atoms with Gasteiger partial charge >= 0.3 is 0 Å². The zero-order valence-corrected chi connectivity index (χ0v) is 16.5. The van der Waals surface area contributed by atoms with Gasteiger partial charge in [-0.1, -0.05) is 35.0 Å². The second kappa shape index (κ2) is 7.71. The number of halogens is 2. The molecule has 1 aromatic carbocycles. The Morgan fingerprint density at radius 1 is 1.08 bits per heavy atom. The van der Waals surface area contributed by atoms with Gasteiger partial charge in [0.05, 0.1) is 24.3 Å². The van der Waals surface area contributed by atoms with Gasteiger partial charge in [-0.05, 0) is 12.3 Å². The number of methoxy groups -OCH3 is 2. The van der Waals surface area contributed by atoms with E-state index in [1.54, 1.807) is 12.3 Å². The van der Waals surface area contributed by atoms with E-state index in [9.17, 15) is 0 Å². The number of nitrogens with one attached hydrogen (secondary N) is 1. The van der Waals surface area contributed by atoms with E-state index in [2.05, 4.69) is 20.4 Å². The van der Waals surface area contributed by atoms with Crippen LogP contribution in [-0.2, 0) is 0 Å². The first-order chi connectivity index (χ1) is 12.5. The lowest BCUT2D eigenvalue weighted by molar-refractivity contribution is 0.395. The Morgan fingerprint density at radius 2 is 1.73 bits per heavy atom. The van der Waals surface area contributed by atoms with Gasteiger partial charge in [0.25, 0.3) is 0 Å². The first-order valence-electron chi connectivity index (χ1n) is 7.32. The number of hydrogen-bond acceptors (Lipinski definition) is 8. The van der Waals surface area contributed by atoms with Crippen molar-refractivity contribution in [3.05, 3.63) is 28.4 Å². The number of aromatic nitrogens is 3. The van der Waals surface area contributed by atoms with E-state index in [4.69, 9.17) is 38.5 Å². The van der Waals surface area contributed by atoms with E-state index >= 15 is 0 Å². The quantitative estimate of drug-likeness (QED) is 0.281. The van der Waals surface area contributed by atoms with Crippen LogP contribution in [0.1, 0.15) is 0 Å². The molecule has 0 spiro atoms. The molecule has 0 saturated heterocycles. The first kappa shape index (κ1) is 18.8. The molecule has 0 unspecified atom stereocenters. The lowest BCUT2D eigenvalue weighted by Gasteiger charge is -2.17. The van der Waals surface area contributed by atoms with Gasteiger partial charge in [0.2, 0.25) is 0 Å². The predicted molar refractivity (Wildman–Crippen MR) is 105 cm³/mol. The van der Waals surface area contributed by atoms with Gasteiger partial charge in [0, 0.05) is 28.8 Å². The third-order valence-electron chi connectivity index (χ3n) is 3.71. The molecular weight excluding hydrogens is 397 g/mol. The second-order valence-electron chi connectivity index (χ2n) is 5.08. The molecule has 136 valence electrons. The van der Waals surface area contributed by atoms with Gasteiger partial charge < -0.3 is 14.9 Å². The Balaban J connectivity index is 2.34. The number of nitrogens with zero attached hydrogens (tertiary/aromatic N) is 3. The van der Waals surface area contributed by atoms with Gasteiger partial charge in [-0.2, -0.15) is 0 Å². The number of nitrogen functional groups attached to an aromatic ring is 1. The summed E-state index contributed by atoms with van der Waals surface area (Å²) in [5.41, 5.74) is 4.14. The van der Waals surface area contributed by atoms with Crippen molar-refractivity contribution < 1.29 is 9.47 Å². The molecule has 0 aliphatic heterocycles. The number of thioether (sulfide) groups is 1. The number of hydrazine groups is 1. The summed E-state index contributed by atoms with van der Waals surface area (Å²) in [5, 5.41) is 1.96. The molecule has 0 radical (unpaired) electrons. The van der Waals surface area contributed by atoms with Crippen molar-refractivity contribution in [1.82, 2.24) is 15.0 Å². The van der Waals surface area contributed by atoms with Crippen LogP contribution >= 0.6 is 35.0 Å². The molecule has 3 aromatic rings. The van der Waals surface area contributed by atoms with Crippen LogP contribution in [0.2, 0.25) is 10.0 Å². The number of benzene rings is 1. The molecule has 0 saturated carbocycles. The third-order valence-corrected chi connectivity index (χ3v) is 5.02. The molecule has 0 atom stereocenters. The lowest BCUT2D eigenvalue weighted by Crippen LogP contribution is -2.11. The highest BCUT2D eigenvalue weighted by molar-refractivity contribution is 7.98. The Bertz CT molecular complexity index is 958. The van der Waals surface area contributed by atoms with Gasteiger partial charge in [0.15, 0.2) is 16.6 Å². The summed E-state index contributed by atoms with van der Waals surface area (Å²) >= 11 is 14.4. The van der Waals surface area contributed by atoms with Gasteiger partial charge in [-0.15, -0.1) is 0 Å². The monoisotopic (exact) mass is 411 g/mol. The standard InChI is InChI=1S/C16H15Cl2N5O2S/c1-24-9-5-10(25-2)13(18)11(12(9)17)8-4-7-6-20-16(26-3)22-14(7)21-15(8)23-19/h4-6H,19H2,1-3H3,(H,20,21,22,23). The van der Waals surface area contributed by atoms with E-state index in [0.29, 0.717) is 54.7 Å². The highest BCUT2D eigenvalue weighted by Crippen LogP contribution is 2.47. The van der Waals surface area contributed by atoms with Gasteiger partial charge in [-0.3, -0.25) is 0 Å². The number of pyridine rings is 1. The molecule has 2 aromatic heterocycles. The lowest BCUT2D eigenvalue weighted by atomic mass is 10.0. The van der Waals surface area contributed by atoms with Crippen molar-refractivity contribution in [1.29, 1.82) is 0 Å². The Hall–Kier alpha value is -2.00. The minimum atomic E-state index is 0.317. The van der Waals surface area contributed by atoms with Gasteiger partial charge in [-0.25, -0.2) is 20.8 Å². The molecule has 3 rings (SSSR count). The molecule has 26 heavy (non-hydrogen) atoms. The summed E-state index contributed by atoms with van der Waals surface area (Å²) in [6.07, 6.45) is 3.57. The van der Waals surface area contributed by atoms with E-state index in [1.807, 2.05) is 12.3 Å². The maximum Gasteiger partial charge on any atom is 0.189 e. The maximum atomic E-state index is 6.51. The van der Waals surface area contributed by atoms with Crippen molar-refractivity contribution in [2.75, 3.05) is 25.9 Å². The zero-order valence-electron chi connectivity index (χ0n) is 14.1. The van der Waals surface area contributed by atoms with E-state index in [1.165, 1.54) is 26.0 Å². The average Bonchev–Trinajstić information content (AvgIpc) is 2.67. The zero-order chi connectivity index (χ0) is 18.8. The summed E-state index contributed by atoms with van der Waals surface area (Å²) in [6, 6.07) is 3.43. The molecular formula is C16H15Cl2N5O2S. The highest BCUT2D eigenvalue weighted by Gasteiger charge is 2.22. The largest absolute Gasteiger partial charge is 0.495 e. The van der Waals surface area contributed by atoms with E-state index in [-0.39, 0.29) is 0 Å². The molecule has 0 aliphatic carbocycles. The molecule has 0 amide bonds. The molecule has 0 aliphatic rings. The second-order valence-corrected chi connectivity index (χ2v) is 6.61. The minimum Gasteiger partial charge on any atom is -0.495 e. The fraction of sp³-hybridized carbons (Fsp3) is 0.188. The van der Waals surface area contributed by atoms with Crippen LogP contribution in [0.15, 0.2) is 23.5 Å².